The lowest BCUT2D eigenvalue weighted by atomic mass is 10.1. The van der Waals surface area contributed by atoms with E-state index in [1.807, 2.05) is 16.7 Å². The molecule has 0 aliphatic carbocycles. The van der Waals surface area contributed by atoms with Crippen LogP contribution in [0.15, 0.2) is 160 Å². The summed E-state index contributed by atoms with van der Waals surface area (Å²) in [6.07, 6.45) is 8.79. The minimum Gasteiger partial charge on any atom is -0.335 e. The Morgan fingerprint density at radius 2 is 1.33 bits per heavy atom. The highest BCUT2D eigenvalue weighted by Crippen LogP contribution is 2.47. The van der Waals surface area contributed by atoms with Crippen LogP contribution < -0.4 is 24.2 Å². The van der Waals surface area contributed by atoms with E-state index < -0.39 is 0 Å². The maximum absolute atomic E-state index is 14.5. The van der Waals surface area contributed by atoms with Gasteiger partial charge in [0.25, 0.3) is 10.6 Å². The molecule has 0 atom stereocenters. The van der Waals surface area contributed by atoms with Crippen LogP contribution >= 0.6 is 34.4 Å². The SMILES string of the molecule is CCN1/C(=C/C(c2ccccc2)=c2\s/c(=C/c3sc(-c4ccccc4)c(-c4ccccc4)[n+]3CC)n(CC)c2=O)Sc2cc(/C=C/c3ccccc3)ccc21. The third kappa shape index (κ3) is 7.48. The molecule has 7 aromatic rings. The fourth-order valence-corrected chi connectivity index (χ4v) is 10.8. The van der Waals surface area contributed by atoms with Crippen LogP contribution in [-0.4, -0.2) is 11.1 Å². The summed E-state index contributed by atoms with van der Waals surface area (Å²) in [5, 5.41) is 2.23. The smallest absolute Gasteiger partial charge is 0.269 e. The molecule has 1 aliphatic rings. The molecule has 3 heterocycles. The molecule has 4 nitrogen and oxygen atoms in total. The van der Waals surface area contributed by atoms with Gasteiger partial charge < -0.3 is 4.90 Å². The van der Waals surface area contributed by atoms with E-state index >= 15 is 0 Å². The molecule has 0 unspecified atom stereocenters. The summed E-state index contributed by atoms with van der Waals surface area (Å²) in [5.74, 6) is 0. The van der Waals surface area contributed by atoms with Gasteiger partial charge in [-0.3, -0.25) is 9.36 Å². The van der Waals surface area contributed by atoms with Gasteiger partial charge in [0.15, 0.2) is 0 Å². The third-order valence-corrected chi connectivity index (χ3v) is 13.2. The predicted molar refractivity (Wildman–Crippen MR) is 236 cm³/mol. The van der Waals surface area contributed by atoms with Crippen molar-refractivity contribution in [3.63, 3.8) is 0 Å². The number of nitrogens with zero attached hydrogens (tertiary/aromatic N) is 3. The number of thioether (sulfide) groups is 1. The fraction of sp³-hybridized carbons (Fsp3) is 0.125. The molecule has 7 heteroatoms. The molecule has 0 spiro atoms. The summed E-state index contributed by atoms with van der Waals surface area (Å²) in [7, 11) is 0. The van der Waals surface area contributed by atoms with Crippen molar-refractivity contribution in [1.82, 2.24) is 4.57 Å². The molecule has 0 bridgehead atoms. The van der Waals surface area contributed by atoms with Gasteiger partial charge in [-0.2, -0.15) is 4.57 Å². The minimum atomic E-state index is 0.0394. The topological polar surface area (TPSA) is 29.1 Å². The van der Waals surface area contributed by atoms with Crippen molar-refractivity contribution in [1.29, 1.82) is 0 Å². The number of aromatic nitrogens is 2. The average Bonchev–Trinajstić information content (AvgIpc) is 3.89. The summed E-state index contributed by atoms with van der Waals surface area (Å²) in [4.78, 5) is 19.3. The zero-order valence-electron chi connectivity index (χ0n) is 31.2. The Kier molecular flexibility index (Phi) is 10.9. The molecule has 5 aromatic carbocycles. The summed E-state index contributed by atoms with van der Waals surface area (Å²) < 4.78 is 6.02. The molecule has 2 aromatic heterocycles. The zero-order valence-corrected chi connectivity index (χ0v) is 33.6. The quantitative estimate of drug-likeness (QED) is 0.102. The molecule has 272 valence electrons. The van der Waals surface area contributed by atoms with Crippen molar-refractivity contribution >= 4 is 63.9 Å². The van der Waals surface area contributed by atoms with Crippen LogP contribution in [0.4, 0.5) is 5.69 Å². The third-order valence-electron chi connectivity index (χ3n) is 9.77. The van der Waals surface area contributed by atoms with Crippen LogP contribution in [0.25, 0.3) is 45.5 Å². The van der Waals surface area contributed by atoms with Crippen LogP contribution in [-0.2, 0) is 13.1 Å². The molecular formula is C48H42N3OS3+. The van der Waals surface area contributed by atoms with Crippen LogP contribution in [0, 0.1) is 0 Å². The van der Waals surface area contributed by atoms with Crippen molar-refractivity contribution < 1.29 is 4.57 Å². The van der Waals surface area contributed by atoms with Crippen LogP contribution in [0.5, 0.6) is 0 Å². The van der Waals surface area contributed by atoms with Gasteiger partial charge in [-0.05, 0) is 73.4 Å². The van der Waals surface area contributed by atoms with Crippen molar-refractivity contribution in [3.8, 4) is 21.7 Å². The Hall–Kier alpha value is -5.47. The molecule has 8 rings (SSSR count). The Labute approximate surface area is 335 Å². The highest BCUT2D eigenvalue weighted by Gasteiger charge is 2.28. The monoisotopic (exact) mass is 772 g/mol. The minimum absolute atomic E-state index is 0.0394. The second-order valence-electron chi connectivity index (χ2n) is 13.1. The molecular weight excluding hydrogens is 731 g/mol. The zero-order chi connectivity index (χ0) is 37.7. The highest BCUT2D eigenvalue weighted by molar-refractivity contribution is 8.03. The van der Waals surface area contributed by atoms with Gasteiger partial charge in [-0.1, -0.05) is 151 Å². The number of rotatable bonds is 10. The molecule has 0 radical (unpaired) electrons. The van der Waals surface area contributed by atoms with Gasteiger partial charge in [0, 0.05) is 29.1 Å². The lowest BCUT2D eigenvalue weighted by Crippen LogP contribution is -2.37. The number of anilines is 1. The van der Waals surface area contributed by atoms with Crippen molar-refractivity contribution in [2.75, 3.05) is 11.4 Å². The molecule has 0 fully saturated rings. The average molecular weight is 773 g/mol. The molecule has 0 saturated heterocycles. The van der Waals surface area contributed by atoms with E-state index in [4.69, 9.17) is 0 Å². The Balaban J connectivity index is 1.28. The number of hydrogen-bond donors (Lipinski definition) is 0. The first-order valence-corrected chi connectivity index (χ1v) is 21.2. The van der Waals surface area contributed by atoms with Crippen LogP contribution in [0.1, 0.15) is 42.5 Å². The maximum atomic E-state index is 14.5. The first-order valence-electron chi connectivity index (χ1n) is 18.8. The van der Waals surface area contributed by atoms with Crippen LogP contribution in [0.3, 0.4) is 0 Å². The lowest BCUT2D eigenvalue weighted by Gasteiger charge is -2.18. The second-order valence-corrected chi connectivity index (χ2v) is 16.3. The van der Waals surface area contributed by atoms with E-state index in [2.05, 4.69) is 182 Å². The first-order chi connectivity index (χ1) is 27.1. The number of thiazole rings is 2. The van der Waals surface area contributed by atoms with Gasteiger partial charge in [-0.25, -0.2) is 0 Å². The maximum Gasteiger partial charge on any atom is 0.269 e. The normalized spacial score (nSPS) is 14.3. The number of allylic oxidation sites excluding steroid dienone is 1. The van der Waals surface area contributed by atoms with Crippen molar-refractivity contribution in [2.45, 2.75) is 38.8 Å². The van der Waals surface area contributed by atoms with E-state index in [1.165, 1.54) is 37.8 Å². The highest BCUT2D eigenvalue weighted by atomic mass is 32.2. The van der Waals surface area contributed by atoms with Gasteiger partial charge in [-0.15, -0.1) is 11.3 Å². The number of hydrogen-bond acceptors (Lipinski definition) is 5. The van der Waals surface area contributed by atoms with Gasteiger partial charge in [0.1, 0.15) is 20.6 Å². The van der Waals surface area contributed by atoms with E-state index in [-0.39, 0.29) is 5.56 Å². The summed E-state index contributed by atoms with van der Waals surface area (Å²) in [6.45, 7) is 8.65. The summed E-state index contributed by atoms with van der Waals surface area (Å²) in [6, 6.07) is 48.7. The van der Waals surface area contributed by atoms with E-state index in [0.29, 0.717) is 6.54 Å². The summed E-state index contributed by atoms with van der Waals surface area (Å²) >= 11 is 5.14. The van der Waals surface area contributed by atoms with Crippen LogP contribution in [0.2, 0.25) is 0 Å². The number of fused-ring (bicyclic) bond motifs is 1. The Morgan fingerprint density at radius 3 is 1.98 bits per heavy atom. The molecule has 1 aliphatic heterocycles. The molecule has 0 N–H and O–H groups in total. The van der Waals surface area contributed by atoms with Gasteiger partial charge in [0.2, 0.25) is 5.69 Å². The standard InChI is InChI=1S/C48H42N3OS3/c1-4-49-40-30-29-35(28-27-34-19-11-7-12-20-34)31-41(40)53-42(49)32-39(36-21-13-8-14-22-36)47-48(52)51(6-3)44(55-47)33-43-50(5-2)45(37-23-15-9-16-24-37)46(54-43)38-25-17-10-18-26-38/h7-33H,4-6H2,1-3H3/q+1/b28-27+,42-32-,47-39+. The fourth-order valence-electron chi connectivity index (χ4n) is 7.08. The molecule has 0 amide bonds. The number of benzene rings is 5. The molecule has 55 heavy (non-hydrogen) atoms. The Bertz CT molecular complexity index is 2690. The van der Waals surface area contributed by atoms with Crippen molar-refractivity contribution in [2.24, 2.45) is 0 Å². The van der Waals surface area contributed by atoms with E-state index in [1.54, 1.807) is 34.4 Å². The van der Waals surface area contributed by atoms with E-state index in [9.17, 15) is 4.79 Å². The molecule has 0 saturated carbocycles. The van der Waals surface area contributed by atoms with Gasteiger partial charge in [0.05, 0.1) is 16.8 Å². The Morgan fingerprint density at radius 1 is 0.691 bits per heavy atom. The second kappa shape index (κ2) is 16.5. The first kappa shape index (κ1) is 36.5. The lowest BCUT2D eigenvalue weighted by molar-refractivity contribution is -0.679. The van der Waals surface area contributed by atoms with E-state index in [0.717, 1.165) is 49.0 Å². The predicted octanol–water partition coefficient (Wildman–Crippen LogP) is 10.3. The largest absolute Gasteiger partial charge is 0.335 e. The van der Waals surface area contributed by atoms with Gasteiger partial charge >= 0.3 is 0 Å². The van der Waals surface area contributed by atoms with Crippen molar-refractivity contribution in [3.05, 3.63) is 192 Å². The summed E-state index contributed by atoms with van der Waals surface area (Å²) in [5.41, 5.74) is 9.11.